The first-order valence-electron chi connectivity index (χ1n) is 4.48. The summed E-state index contributed by atoms with van der Waals surface area (Å²) in [4.78, 5) is 10.9. The summed E-state index contributed by atoms with van der Waals surface area (Å²) in [5.74, 6) is -7.64. The van der Waals surface area contributed by atoms with Gasteiger partial charge in [0.1, 0.15) is 0 Å². The fourth-order valence-electron chi connectivity index (χ4n) is 0.812. The van der Waals surface area contributed by atoms with Gasteiger partial charge < -0.3 is 4.74 Å². The van der Waals surface area contributed by atoms with E-state index < -0.39 is 23.5 Å². The second-order valence-electron chi connectivity index (χ2n) is 2.85. The zero-order valence-electron chi connectivity index (χ0n) is 8.70. The van der Waals surface area contributed by atoms with E-state index in [1.54, 1.807) is 0 Å². The molecule has 0 heterocycles. The monoisotopic (exact) mass is 246 g/mol. The maximum absolute atomic E-state index is 12.6. The molecule has 0 aromatic carbocycles. The zero-order chi connectivity index (χ0) is 13.0. The summed E-state index contributed by atoms with van der Waals surface area (Å²) in [5.41, 5.74) is -0.691. The van der Waals surface area contributed by atoms with Crippen LogP contribution < -0.4 is 0 Å². The summed E-state index contributed by atoms with van der Waals surface area (Å²) in [7, 11) is 0. The van der Waals surface area contributed by atoms with Crippen LogP contribution in [0.5, 0.6) is 0 Å². The molecule has 0 bridgehead atoms. The van der Waals surface area contributed by atoms with Crippen LogP contribution >= 0.6 is 0 Å². The molecule has 0 spiro atoms. The van der Waals surface area contributed by atoms with Crippen molar-refractivity contribution in [2.45, 2.75) is 32.4 Å². The average molecular weight is 246 g/mol. The van der Waals surface area contributed by atoms with Crippen LogP contribution in [-0.2, 0) is 9.53 Å². The van der Waals surface area contributed by atoms with E-state index in [-0.39, 0.29) is 13.0 Å². The molecule has 0 aliphatic rings. The number of allylic oxidation sites excluding steroid dienone is 1. The molecule has 0 unspecified atom stereocenters. The fraction of sp³-hybridized carbons (Fsp3) is 0.667. The zero-order valence-corrected chi connectivity index (χ0v) is 8.70. The molecular formula is C9H11F5O2. The van der Waals surface area contributed by atoms with E-state index in [4.69, 9.17) is 0 Å². The number of Topliss-reactive ketones (excluding diaryl/α,β-unsaturated/α-hetero) is 1. The molecule has 94 valence electrons. The number of halogens is 5. The van der Waals surface area contributed by atoms with E-state index in [0.29, 0.717) is 6.26 Å². The number of carbonyl (C=O) groups is 1. The van der Waals surface area contributed by atoms with Crippen molar-refractivity contribution in [2.24, 2.45) is 0 Å². The van der Waals surface area contributed by atoms with E-state index >= 15 is 0 Å². The lowest BCUT2D eigenvalue weighted by atomic mass is 10.0. The van der Waals surface area contributed by atoms with E-state index in [2.05, 4.69) is 4.74 Å². The summed E-state index contributed by atoms with van der Waals surface area (Å²) in [6, 6.07) is 0. The lowest BCUT2D eigenvalue weighted by Crippen LogP contribution is -2.44. The molecule has 2 nitrogen and oxygen atoms in total. The van der Waals surface area contributed by atoms with Crippen molar-refractivity contribution in [2.75, 3.05) is 6.61 Å². The highest BCUT2D eigenvalue weighted by molar-refractivity contribution is 6.01. The quantitative estimate of drug-likeness (QED) is 0.423. The van der Waals surface area contributed by atoms with Crippen LogP contribution in [-0.4, -0.2) is 24.5 Å². The second kappa shape index (κ2) is 5.27. The van der Waals surface area contributed by atoms with Gasteiger partial charge in [-0.2, -0.15) is 22.0 Å². The molecular weight excluding hydrogens is 235 g/mol. The van der Waals surface area contributed by atoms with Crippen molar-refractivity contribution < 1.29 is 31.5 Å². The number of alkyl halides is 5. The summed E-state index contributed by atoms with van der Waals surface area (Å²) < 4.78 is 65.4. The van der Waals surface area contributed by atoms with Crippen LogP contribution in [0.3, 0.4) is 0 Å². The lowest BCUT2D eigenvalue weighted by molar-refractivity contribution is -0.267. The first-order chi connectivity index (χ1) is 7.18. The van der Waals surface area contributed by atoms with Gasteiger partial charge in [-0.1, -0.05) is 6.92 Å². The molecule has 0 rings (SSSR count). The Bertz CT molecular complexity index is 280. The minimum atomic E-state index is -5.88. The van der Waals surface area contributed by atoms with Gasteiger partial charge in [-0.3, -0.25) is 4.79 Å². The summed E-state index contributed by atoms with van der Waals surface area (Å²) in [6.45, 7) is 2.87. The molecule has 0 amide bonds. The van der Waals surface area contributed by atoms with Gasteiger partial charge in [0.25, 0.3) is 0 Å². The van der Waals surface area contributed by atoms with Gasteiger partial charge >= 0.3 is 12.1 Å². The Morgan fingerprint density at radius 3 is 2.00 bits per heavy atom. The molecule has 0 aromatic heterocycles. The third-order valence-electron chi connectivity index (χ3n) is 1.71. The average Bonchev–Trinajstić information content (AvgIpc) is 2.16. The highest BCUT2D eigenvalue weighted by atomic mass is 19.4. The molecule has 0 fully saturated rings. The lowest BCUT2D eigenvalue weighted by Gasteiger charge is -2.18. The molecule has 0 saturated heterocycles. The van der Waals surface area contributed by atoms with Gasteiger partial charge in [0.05, 0.1) is 12.9 Å². The first kappa shape index (κ1) is 14.9. The van der Waals surface area contributed by atoms with Gasteiger partial charge in [-0.05, 0) is 13.3 Å². The number of ketones is 1. The molecule has 7 heteroatoms. The van der Waals surface area contributed by atoms with Gasteiger partial charge in [0, 0.05) is 5.57 Å². The minimum absolute atomic E-state index is 0.0777. The highest BCUT2D eigenvalue weighted by Crippen LogP contribution is 2.38. The Hall–Kier alpha value is -1.14. The molecule has 0 aliphatic carbocycles. The molecule has 0 radical (unpaired) electrons. The van der Waals surface area contributed by atoms with Gasteiger partial charge in [-0.15, -0.1) is 0 Å². The smallest absolute Gasteiger partial charge is 0.461 e. The van der Waals surface area contributed by atoms with Gasteiger partial charge in [-0.25, -0.2) is 0 Å². The van der Waals surface area contributed by atoms with E-state index in [0.717, 1.165) is 0 Å². The maximum atomic E-state index is 12.6. The summed E-state index contributed by atoms with van der Waals surface area (Å²) in [5, 5.41) is 0. The Kier molecular flexibility index (Phi) is 4.89. The number of hydrogen-bond donors (Lipinski definition) is 0. The molecule has 0 aliphatic heterocycles. The van der Waals surface area contributed by atoms with E-state index in [1.807, 2.05) is 0 Å². The van der Waals surface area contributed by atoms with Gasteiger partial charge in [0.2, 0.25) is 5.78 Å². The number of carbonyl (C=O) groups excluding carboxylic acids is 1. The maximum Gasteiger partial charge on any atom is 0.461 e. The Morgan fingerprint density at radius 1 is 1.19 bits per heavy atom. The SMILES string of the molecule is CCO/C=C(\CC)C(=O)C(F)(F)C(F)(F)F. The van der Waals surface area contributed by atoms with Crippen molar-refractivity contribution in [3.8, 4) is 0 Å². The summed E-state index contributed by atoms with van der Waals surface area (Å²) >= 11 is 0. The third-order valence-corrected chi connectivity index (χ3v) is 1.71. The molecule has 0 atom stereocenters. The Balaban J connectivity index is 5.03. The predicted molar refractivity (Wildman–Crippen MR) is 46.0 cm³/mol. The van der Waals surface area contributed by atoms with E-state index in [1.165, 1.54) is 13.8 Å². The predicted octanol–water partition coefficient (Wildman–Crippen LogP) is 3.08. The second-order valence-corrected chi connectivity index (χ2v) is 2.85. The Morgan fingerprint density at radius 2 is 1.69 bits per heavy atom. The van der Waals surface area contributed by atoms with Crippen LogP contribution in [0.1, 0.15) is 20.3 Å². The van der Waals surface area contributed by atoms with Crippen LogP contribution in [0, 0.1) is 0 Å². The van der Waals surface area contributed by atoms with Crippen LogP contribution in [0.25, 0.3) is 0 Å². The number of rotatable bonds is 5. The number of ether oxygens (including phenoxy) is 1. The van der Waals surface area contributed by atoms with E-state index in [9.17, 15) is 26.7 Å². The topological polar surface area (TPSA) is 26.3 Å². The van der Waals surface area contributed by atoms with Crippen LogP contribution in [0.2, 0.25) is 0 Å². The third kappa shape index (κ3) is 3.18. The molecule has 0 aromatic rings. The van der Waals surface area contributed by atoms with Crippen LogP contribution in [0.4, 0.5) is 22.0 Å². The fourth-order valence-corrected chi connectivity index (χ4v) is 0.812. The Labute approximate surface area is 89.1 Å². The first-order valence-corrected chi connectivity index (χ1v) is 4.48. The van der Waals surface area contributed by atoms with Gasteiger partial charge in [0.15, 0.2) is 0 Å². The largest absolute Gasteiger partial charge is 0.501 e. The summed E-state index contributed by atoms with van der Waals surface area (Å²) in [6.07, 6.45) is -5.50. The molecule has 16 heavy (non-hydrogen) atoms. The van der Waals surface area contributed by atoms with Crippen molar-refractivity contribution in [3.05, 3.63) is 11.8 Å². The molecule has 0 N–H and O–H groups in total. The van der Waals surface area contributed by atoms with Crippen molar-refractivity contribution >= 4 is 5.78 Å². The minimum Gasteiger partial charge on any atom is -0.501 e. The highest BCUT2D eigenvalue weighted by Gasteiger charge is 2.63. The molecule has 0 saturated carbocycles. The van der Waals surface area contributed by atoms with Crippen LogP contribution in [0.15, 0.2) is 11.8 Å². The standard InChI is InChI=1S/C9H11F5O2/c1-3-6(5-16-4-2)7(15)8(10,11)9(12,13)14/h5H,3-4H2,1-2H3/b6-5+. The van der Waals surface area contributed by atoms with Crippen molar-refractivity contribution in [1.82, 2.24) is 0 Å². The van der Waals surface area contributed by atoms with Crippen molar-refractivity contribution in [1.29, 1.82) is 0 Å². The normalized spacial score (nSPS) is 13.8. The van der Waals surface area contributed by atoms with Crippen molar-refractivity contribution in [3.63, 3.8) is 0 Å². The number of hydrogen-bond acceptors (Lipinski definition) is 2.